The summed E-state index contributed by atoms with van der Waals surface area (Å²) in [6.07, 6.45) is 5.00. The minimum absolute atomic E-state index is 0.000441. The number of amides is 1. The molecular formula is C34H41N5O2. The zero-order valence-electron chi connectivity index (χ0n) is 24.2. The summed E-state index contributed by atoms with van der Waals surface area (Å²) in [5.74, 6) is 0.760. The maximum atomic E-state index is 14.0. The molecule has 0 radical (unpaired) electrons. The molecule has 2 aliphatic rings. The Balaban J connectivity index is 1.25. The highest BCUT2D eigenvalue weighted by atomic mass is 16.5. The van der Waals surface area contributed by atoms with Crippen LogP contribution in [0.15, 0.2) is 72.9 Å². The summed E-state index contributed by atoms with van der Waals surface area (Å²) in [4.78, 5) is 24.1. The topological polar surface area (TPSA) is 63.8 Å². The second-order valence-electron chi connectivity index (χ2n) is 11.5. The molecule has 7 nitrogen and oxygen atoms in total. The van der Waals surface area contributed by atoms with Crippen LogP contribution in [0.1, 0.15) is 36.5 Å². The molecule has 41 heavy (non-hydrogen) atoms. The average molecular weight is 552 g/mol. The van der Waals surface area contributed by atoms with Crippen molar-refractivity contribution < 1.29 is 9.53 Å². The number of nitrogens with one attached hydrogen (secondary N) is 2. The number of fused-ring (bicyclic) bond motifs is 2. The zero-order chi connectivity index (χ0) is 28.2. The molecule has 0 bridgehead atoms. The fraction of sp³-hybridized carbons (Fsp3) is 0.382. The van der Waals surface area contributed by atoms with Crippen LogP contribution in [0.3, 0.4) is 0 Å². The molecule has 6 rings (SSSR count). The number of H-pyrrole nitrogens is 1. The Morgan fingerprint density at radius 2 is 1.88 bits per heavy atom. The standard InChI is InChI=1S/C34H41N5O2/c1-25-14-19-39(32-8-4-3-7-31(32)36-25)34(40)28-9-11-29(26-10-12-30-27(23-26)13-15-35-30)33(24-28)41-22-6-18-38-17-5-16-37(2)20-21-38/h3-4,7-13,15,23-25,35-36H,5-6,14,16-22H2,1-2H3/t25-/m0/s1. The molecule has 2 N–H and O–H groups in total. The van der Waals surface area contributed by atoms with Gasteiger partial charge in [-0.2, -0.15) is 0 Å². The number of para-hydroxylation sites is 2. The van der Waals surface area contributed by atoms with Crippen molar-refractivity contribution in [2.24, 2.45) is 0 Å². The first kappa shape index (κ1) is 27.4. The largest absolute Gasteiger partial charge is 0.493 e. The van der Waals surface area contributed by atoms with Crippen LogP contribution in [0.5, 0.6) is 5.75 Å². The van der Waals surface area contributed by atoms with Gasteiger partial charge >= 0.3 is 0 Å². The van der Waals surface area contributed by atoms with Gasteiger partial charge in [0.15, 0.2) is 0 Å². The van der Waals surface area contributed by atoms with Gasteiger partial charge in [-0.15, -0.1) is 0 Å². The summed E-state index contributed by atoms with van der Waals surface area (Å²) in [5.41, 5.74) is 5.76. The SMILES string of the molecule is C[C@H]1CCN(C(=O)c2ccc(-c3ccc4[nH]ccc4c3)c(OCCCN3CCCN(C)CC3)c2)c2ccccc2N1. The van der Waals surface area contributed by atoms with Crippen molar-refractivity contribution in [3.05, 3.63) is 78.5 Å². The third-order valence-electron chi connectivity index (χ3n) is 8.41. The third kappa shape index (κ3) is 6.26. The van der Waals surface area contributed by atoms with Crippen LogP contribution in [0.2, 0.25) is 0 Å². The van der Waals surface area contributed by atoms with Crippen molar-refractivity contribution in [2.75, 3.05) is 63.1 Å². The van der Waals surface area contributed by atoms with E-state index in [-0.39, 0.29) is 5.91 Å². The number of nitrogens with zero attached hydrogens (tertiary/aromatic N) is 3. The van der Waals surface area contributed by atoms with Gasteiger partial charge in [0.1, 0.15) is 5.75 Å². The zero-order valence-corrected chi connectivity index (χ0v) is 24.2. The first-order valence-corrected chi connectivity index (χ1v) is 15.0. The number of carbonyl (C=O) groups excluding carboxylic acids is 1. The maximum Gasteiger partial charge on any atom is 0.258 e. The Hall–Kier alpha value is -3.81. The first-order chi connectivity index (χ1) is 20.0. The Bertz CT molecular complexity index is 1500. The van der Waals surface area contributed by atoms with E-state index in [9.17, 15) is 4.79 Å². The molecule has 1 aromatic heterocycles. The van der Waals surface area contributed by atoms with E-state index in [1.807, 2.05) is 47.5 Å². The van der Waals surface area contributed by atoms with Crippen LogP contribution in [-0.4, -0.2) is 79.7 Å². The lowest BCUT2D eigenvalue weighted by Gasteiger charge is -2.23. The molecule has 0 aliphatic carbocycles. The van der Waals surface area contributed by atoms with E-state index in [1.165, 1.54) is 13.0 Å². The second kappa shape index (κ2) is 12.4. The average Bonchev–Trinajstić information content (AvgIpc) is 3.27. The van der Waals surface area contributed by atoms with Crippen LogP contribution in [0.25, 0.3) is 22.0 Å². The van der Waals surface area contributed by atoms with Gasteiger partial charge in [-0.25, -0.2) is 0 Å². The van der Waals surface area contributed by atoms with E-state index in [1.54, 1.807) is 0 Å². The fourth-order valence-electron chi connectivity index (χ4n) is 6.01. The van der Waals surface area contributed by atoms with Crippen molar-refractivity contribution >= 4 is 28.2 Å². The molecule has 0 unspecified atom stereocenters. The van der Waals surface area contributed by atoms with Crippen molar-refractivity contribution in [1.29, 1.82) is 0 Å². The lowest BCUT2D eigenvalue weighted by atomic mass is 10.0. The number of hydrogen-bond donors (Lipinski definition) is 2. The number of benzene rings is 3. The summed E-state index contributed by atoms with van der Waals surface area (Å²) in [6.45, 7) is 8.98. The van der Waals surface area contributed by atoms with Gasteiger partial charge < -0.3 is 29.7 Å². The molecule has 1 saturated heterocycles. The van der Waals surface area contributed by atoms with Crippen LogP contribution < -0.4 is 15.0 Å². The number of anilines is 2. The normalized spacial score (nSPS) is 18.4. The molecule has 1 atom stereocenters. The number of aromatic amines is 1. The number of hydrogen-bond acceptors (Lipinski definition) is 5. The van der Waals surface area contributed by atoms with E-state index in [4.69, 9.17) is 4.74 Å². The lowest BCUT2D eigenvalue weighted by Crippen LogP contribution is -2.32. The highest BCUT2D eigenvalue weighted by Gasteiger charge is 2.25. The summed E-state index contributed by atoms with van der Waals surface area (Å²) in [7, 11) is 2.20. The quantitative estimate of drug-likeness (QED) is 0.272. The van der Waals surface area contributed by atoms with Crippen molar-refractivity contribution in [3.63, 3.8) is 0 Å². The maximum absolute atomic E-state index is 14.0. The molecule has 3 aromatic carbocycles. The van der Waals surface area contributed by atoms with Crippen LogP contribution >= 0.6 is 0 Å². The Kier molecular flexibility index (Phi) is 8.26. The van der Waals surface area contributed by atoms with Gasteiger partial charge in [-0.05, 0) is 106 Å². The van der Waals surface area contributed by atoms with E-state index in [2.05, 4.69) is 64.4 Å². The van der Waals surface area contributed by atoms with E-state index >= 15 is 0 Å². The Morgan fingerprint density at radius 3 is 2.80 bits per heavy atom. The smallest absolute Gasteiger partial charge is 0.258 e. The number of aromatic nitrogens is 1. The molecule has 3 heterocycles. The Labute approximate surface area is 243 Å². The second-order valence-corrected chi connectivity index (χ2v) is 11.5. The molecule has 0 saturated carbocycles. The molecule has 1 fully saturated rings. The van der Waals surface area contributed by atoms with Gasteiger partial charge in [-0.3, -0.25) is 4.79 Å². The highest BCUT2D eigenvalue weighted by molar-refractivity contribution is 6.08. The molecular weight excluding hydrogens is 510 g/mol. The monoisotopic (exact) mass is 551 g/mol. The molecule has 214 valence electrons. The summed E-state index contributed by atoms with van der Waals surface area (Å²) >= 11 is 0. The summed E-state index contributed by atoms with van der Waals surface area (Å²) in [5, 5.41) is 4.71. The summed E-state index contributed by atoms with van der Waals surface area (Å²) < 4.78 is 6.49. The number of likely N-dealkylation sites (N-methyl/N-ethyl adjacent to an activating group) is 1. The molecule has 2 aliphatic heterocycles. The lowest BCUT2D eigenvalue weighted by molar-refractivity contribution is 0.0986. The first-order valence-electron chi connectivity index (χ1n) is 15.0. The van der Waals surface area contributed by atoms with Crippen molar-refractivity contribution in [3.8, 4) is 16.9 Å². The van der Waals surface area contributed by atoms with Crippen LogP contribution in [-0.2, 0) is 0 Å². The molecule has 7 heteroatoms. The predicted molar refractivity (Wildman–Crippen MR) is 168 cm³/mol. The van der Waals surface area contributed by atoms with Gasteiger partial charge in [0.2, 0.25) is 0 Å². The summed E-state index contributed by atoms with van der Waals surface area (Å²) in [6, 6.07) is 22.8. The van der Waals surface area contributed by atoms with Crippen LogP contribution in [0.4, 0.5) is 11.4 Å². The van der Waals surface area contributed by atoms with Crippen molar-refractivity contribution in [2.45, 2.75) is 32.2 Å². The van der Waals surface area contributed by atoms with E-state index in [0.717, 1.165) is 78.2 Å². The number of rotatable bonds is 7. The number of carbonyl (C=O) groups is 1. The Morgan fingerprint density at radius 1 is 0.976 bits per heavy atom. The predicted octanol–water partition coefficient (Wildman–Crippen LogP) is 6.09. The minimum atomic E-state index is -0.000441. The third-order valence-corrected chi connectivity index (χ3v) is 8.41. The van der Waals surface area contributed by atoms with Crippen LogP contribution in [0, 0.1) is 0 Å². The molecule has 1 amide bonds. The van der Waals surface area contributed by atoms with Crippen molar-refractivity contribution in [1.82, 2.24) is 14.8 Å². The van der Waals surface area contributed by atoms with Gasteiger partial charge in [0.25, 0.3) is 5.91 Å². The van der Waals surface area contributed by atoms with Gasteiger partial charge in [0.05, 0.1) is 18.0 Å². The number of ether oxygens (including phenoxy) is 1. The van der Waals surface area contributed by atoms with Gasteiger partial charge in [0, 0.05) is 55.1 Å². The minimum Gasteiger partial charge on any atom is -0.493 e. The molecule has 4 aromatic rings. The van der Waals surface area contributed by atoms with E-state index in [0.29, 0.717) is 24.8 Å². The molecule has 0 spiro atoms. The highest BCUT2D eigenvalue weighted by Crippen LogP contribution is 2.35. The van der Waals surface area contributed by atoms with E-state index < -0.39 is 0 Å². The fourth-order valence-corrected chi connectivity index (χ4v) is 6.01. The van der Waals surface area contributed by atoms with Gasteiger partial charge in [-0.1, -0.05) is 18.2 Å².